The predicted octanol–water partition coefficient (Wildman–Crippen LogP) is 1.82. The summed E-state index contributed by atoms with van der Waals surface area (Å²) in [6.45, 7) is 7.38. The van der Waals surface area contributed by atoms with Crippen LogP contribution in [0, 0.1) is 10.1 Å². The molecule has 0 bridgehead atoms. The van der Waals surface area contributed by atoms with Crippen LogP contribution in [0.25, 0.3) is 0 Å². The fraction of sp³-hybridized carbons (Fsp3) is 0.429. The third kappa shape index (κ3) is 3.15. The van der Waals surface area contributed by atoms with Gasteiger partial charge in [-0.15, -0.1) is 6.58 Å². The zero-order valence-electron chi connectivity index (χ0n) is 11.3. The second kappa shape index (κ2) is 6.49. The molecule has 0 radical (unpaired) electrons. The van der Waals surface area contributed by atoms with Crippen molar-refractivity contribution in [3.05, 3.63) is 46.5 Å². The summed E-state index contributed by atoms with van der Waals surface area (Å²) in [6.07, 6.45) is 2.55. The molecule has 1 aliphatic heterocycles. The van der Waals surface area contributed by atoms with E-state index in [1.165, 1.54) is 12.1 Å². The molecule has 1 aromatic carbocycles. The number of aromatic hydroxyl groups is 1. The summed E-state index contributed by atoms with van der Waals surface area (Å²) in [6, 6.07) is 4.67. The van der Waals surface area contributed by atoms with E-state index < -0.39 is 4.92 Å². The summed E-state index contributed by atoms with van der Waals surface area (Å²) in [7, 11) is 0. The molecule has 1 aliphatic rings. The maximum Gasteiger partial charge on any atom is 0.311 e. The third-order valence-corrected chi connectivity index (χ3v) is 3.56. The molecule has 6 nitrogen and oxygen atoms in total. The fourth-order valence-corrected chi connectivity index (χ4v) is 2.54. The van der Waals surface area contributed by atoms with Gasteiger partial charge in [0.2, 0.25) is 0 Å². The van der Waals surface area contributed by atoms with Crippen LogP contribution in [0.4, 0.5) is 5.69 Å². The topological polar surface area (TPSA) is 78.6 Å². The van der Waals surface area contributed by atoms with Crippen LogP contribution in [0.5, 0.6) is 5.75 Å². The maximum atomic E-state index is 10.9. The molecule has 20 heavy (non-hydrogen) atoms. The van der Waals surface area contributed by atoms with Crippen LogP contribution >= 0.6 is 0 Å². The Kier molecular flexibility index (Phi) is 4.70. The van der Waals surface area contributed by atoms with Gasteiger partial charge in [-0.05, 0) is 18.1 Å². The Morgan fingerprint density at radius 3 is 2.80 bits per heavy atom. The minimum absolute atomic E-state index is 0.0638. The predicted molar refractivity (Wildman–Crippen MR) is 76.8 cm³/mol. The molecule has 1 saturated heterocycles. The number of phenolic OH excluding ortho intramolecular Hbond substituents is 1. The van der Waals surface area contributed by atoms with Crippen molar-refractivity contribution in [1.82, 2.24) is 10.2 Å². The molecule has 2 N–H and O–H groups in total. The van der Waals surface area contributed by atoms with E-state index in [0.717, 1.165) is 38.2 Å². The molecule has 0 aromatic heterocycles. The van der Waals surface area contributed by atoms with Crippen LogP contribution in [0.15, 0.2) is 30.9 Å². The Bertz CT molecular complexity index is 498. The van der Waals surface area contributed by atoms with Crippen molar-refractivity contribution in [3.8, 4) is 5.75 Å². The molecule has 1 heterocycles. The zero-order chi connectivity index (χ0) is 14.5. The van der Waals surface area contributed by atoms with Crippen molar-refractivity contribution in [2.75, 3.05) is 26.2 Å². The third-order valence-electron chi connectivity index (χ3n) is 3.56. The van der Waals surface area contributed by atoms with Crippen molar-refractivity contribution in [2.24, 2.45) is 0 Å². The number of phenols is 1. The first-order valence-electron chi connectivity index (χ1n) is 6.66. The van der Waals surface area contributed by atoms with Gasteiger partial charge in [-0.2, -0.15) is 0 Å². The van der Waals surface area contributed by atoms with Gasteiger partial charge in [-0.3, -0.25) is 15.0 Å². The van der Waals surface area contributed by atoms with Crippen LogP contribution in [0.2, 0.25) is 0 Å². The lowest BCUT2D eigenvalue weighted by Gasteiger charge is -2.34. The maximum absolute atomic E-state index is 10.9. The molecule has 0 amide bonds. The van der Waals surface area contributed by atoms with Crippen molar-refractivity contribution in [2.45, 2.75) is 12.5 Å². The molecule has 6 heteroatoms. The second-order valence-electron chi connectivity index (χ2n) is 4.83. The molecule has 1 aromatic rings. The highest BCUT2D eigenvalue weighted by atomic mass is 16.6. The van der Waals surface area contributed by atoms with Crippen LogP contribution in [-0.4, -0.2) is 41.1 Å². The summed E-state index contributed by atoms with van der Waals surface area (Å²) in [4.78, 5) is 12.7. The molecule has 1 fully saturated rings. The van der Waals surface area contributed by atoms with Gasteiger partial charge < -0.3 is 10.4 Å². The molecule has 0 saturated carbocycles. The Labute approximate surface area is 117 Å². The van der Waals surface area contributed by atoms with Gasteiger partial charge in [0.05, 0.1) is 4.92 Å². The number of benzene rings is 1. The van der Waals surface area contributed by atoms with Gasteiger partial charge >= 0.3 is 5.69 Å². The quantitative estimate of drug-likeness (QED) is 0.487. The van der Waals surface area contributed by atoms with Gasteiger partial charge in [-0.1, -0.05) is 12.1 Å². The number of rotatable bonds is 5. The van der Waals surface area contributed by atoms with E-state index in [1.54, 1.807) is 6.07 Å². The highest BCUT2D eigenvalue weighted by Crippen LogP contribution is 2.32. The summed E-state index contributed by atoms with van der Waals surface area (Å²) in [5.74, 6) is -0.295. The highest BCUT2D eigenvalue weighted by molar-refractivity contribution is 5.48. The Morgan fingerprint density at radius 2 is 2.20 bits per heavy atom. The molecular weight excluding hydrogens is 258 g/mol. The molecule has 108 valence electrons. The lowest BCUT2D eigenvalue weighted by atomic mass is 10.00. The van der Waals surface area contributed by atoms with E-state index in [-0.39, 0.29) is 17.5 Å². The first-order chi connectivity index (χ1) is 9.63. The summed E-state index contributed by atoms with van der Waals surface area (Å²) in [5, 5.41) is 23.8. The second-order valence-corrected chi connectivity index (χ2v) is 4.83. The smallest absolute Gasteiger partial charge is 0.311 e. The lowest BCUT2D eigenvalue weighted by Crippen LogP contribution is -2.45. The van der Waals surface area contributed by atoms with Crippen molar-refractivity contribution >= 4 is 5.69 Å². The molecule has 0 unspecified atom stereocenters. The zero-order valence-corrected chi connectivity index (χ0v) is 11.3. The van der Waals surface area contributed by atoms with Crippen LogP contribution in [-0.2, 0) is 0 Å². The standard InChI is InChI=1S/C14H19N3O3/c1-2-3-12(16-8-6-15-7-9-16)11-4-5-14(18)13(10-11)17(19)20/h2,4-5,10,12,15,18H,1,3,6-9H2/t12-/m0/s1. The summed E-state index contributed by atoms with van der Waals surface area (Å²) in [5.41, 5.74) is 0.600. The van der Waals surface area contributed by atoms with Gasteiger partial charge in [0.15, 0.2) is 5.75 Å². The fourth-order valence-electron chi connectivity index (χ4n) is 2.54. The average molecular weight is 277 g/mol. The monoisotopic (exact) mass is 277 g/mol. The molecule has 0 spiro atoms. The SMILES string of the molecule is C=CC[C@@H](c1ccc(O)c([N+](=O)[O-])c1)N1CCNCC1. The number of hydrogen-bond donors (Lipinski definition) is 2. The van der Waals surface area contributed by atoms with Gasteiger partial charge in [0.1, 0.15) is 0 Å². The number of nitrogens with zero attached hydrogens (tertiary/aromatic N) is 2. The van der Waals surface area contributed by atoms with E-state index in [1.807, 2.05) is 6.08 Å². The number of nitro benzene ring substituents is 1. The average Bonchev–Trinajstić information content (AvgIpc) is 2.46. The van der Waals surface area contributed by atoms with Gasteiger partial charge in [0, 0.05) is 38.3 Å². The van der Waals surface area contributed by atoms with Gasteiger partial charge in [0.25, 0.3) is 0 Å². The molecule has 0 aliphatic carbocycles. The van der Waals surface area contributed by atoms with E-state index in [2.05, 4.69) is 16.8 Å². The highest BCUT2D eigenvalue weighted by Gasteiger charge is 2.24. The summed E-state index contributed by atoms with van der Waals surface area (Å²) >= 11 is 0. The van der Waals surface area contributed by atoms with E-state index in [4.69, 9.17) is 0 Å². The lowest BCUT2D eigenvalue weighted by molar-refractivity contribution is -0.386. The molecule has 1 atom stereocenters. The van der Waals surface area contributed by atoms with Crippen LogP contribution in [0.3, 0.4) is 0 Å². The number of piperazine rings is 1. The van der Waals surface area contributed by atoms with Crippen LogP contribution < -0.4 is 5.32 Å². The van der Waals surface area contributed by atoms with Crippen molar-refractivity contribution in [3.63, 3.8) is 0 Å². The summed E-state index contributed by atoms with van der Waals surface area (Å²) < 4.78 is 0. The van der Waals surface area contributed by atoms with E-state index in [0.29, 0.717) is 0 Å². The number of nitrogens with one attached hydrogen (secondary N) is 1. The van der Waals surface area contributed by atoms with Crippen LogP contribution in [0.1, 0.15) is 18.0 Å². The van der Waals surface area contributed by atoms with Crippen molar-refractivity contribution < 1.29 is 10.0 Å². The minimum Gasteiger partial charge on any atom is -0.502 e. The van der Waals surface area contributed by atoms with E-state index in [9.17, 15) is 15.2 Å². The largest absolute Gasteiger partial charge is 0.502 e. The number of nitro groups is 1. The van der Waals surface area contributed by atoms with E-state index >= 15 is 0 Å². The molecule has 2 rings (SSSR count). The Hall–Kier alpha value is -1.92. The number of hydrogen-bond acceptors (Lipinski definition) is 5. The first-order valence-corrected chi connectivity index (χ1v) is 6.66. The first kappa shape index (κ1) is 14.5. The van der Waals surface area contributed by atoms with Crippen molar-refractivity contribution in [1.29, 1.82) is 0 Å². The van der Waals surface area contributed by atoms with Gasteiger partial charge in [-0.25, -0.2) is 0 Å². The minimum atomic E-state index is -0.554. The molecular formula is C14H19N3O3. The Morgan fingerprint density at radius 1 is 1.50 bits per heavy atom. The normalized spacial score (nSPS) is 17.6. The Balaban J connectivity index is 2.30.